The summed E-state index contributed by atoms with van der Waals surface area (Å²) in [5.41, 5.74) is 13.5. The molecule has 0 radical (unpaired) electrons. The zero-order valence-electron chi connectivity index (χ0n) is 28.0. The predicted molar refractivity (Wildman–Crippen MR) is 218 cm³/mol. The maximum absolute atomic E-state index is 2.37. The van der Waals surface area contributed by atoms with Gasteiger partial charge in [0.15, 0.2) is 0 Å². The van der Waals surface area contributed by atoms with Gasteiger partial charge in [0.1, 0.15) is 0 Å². The van der Waals surface area contributed by atoms with Gasteiger partial charge in [-0.1, -0.05) is 170 Å². The fourth-order valence-electron chi connectivity index (χ4n) is 8.05. The summed E-state index contributed by atoms with van der Waals surface area (Å²) in [7, 11) is 0. The molecule has 1 heteroatoms. The van der Waals surface area contributed by atoms with Gasteiger partial charge in [-0.15, -0.1) is 0 Å². The smallest absolute Gasteiger partial charge is 0.0541 e. The zero-order chi connectivity index (χ0) is 33.7. The topological polar surface area (TPSA) is 4.93 Å². The molecule has 1 heterocycles. The number of hydrogen-bond acceptors (Lipinski definition) is 0. The minimum Gasteiger partial charge on any atom is -0.309 e. The van der Waals surface area contributed by atoms with Crippen LogP contribution in [0.4, 0.5) is 0 Å². The highest BCUT2D eigenvalue weighted by molar-refractivity contribution is 6.21. The lowest BCUT2D eigenvalue weighted by molar-refractivity contribution is 1.18. The van der Waals surface area contributed by atoms with Gasteiger partial charge in [0, 0.05) is 16.5 Å². The third-order valence-electron chi connectivity index (χ3n) is 10.4. The van der Waals surface area contributed by atoms with Crippen molar-refractivity contribution >= 4 is 43.4 Å². The van der Waals surface area contributed by atoms with Crippen molar-refractivity contribution in [1.82, 2.24) is 4.57 Å². The maximum atomic E-state index is 2.37. The molecule has 238 valence electrons. The molecule has 1 aromatic heterocycles. The third-order valence-corrected chi connectivity index (χ3v) is 10.4. The number of hydrogen-bond donors (Lipinski definition) is 0. The monoisotopic (exact) mass is 647 g/mol. The lowest BCUT2D eigenvalue weighted by atomic mass is 9.86. The van der Waals surface area contributed by atoms with Crippen molar-refractivity contribution in [3.8, 4) is 50.2 Å². The molecule has 1 nitrogen and oxygen atoms in total. The fraction of sp³-hybridized carbons (Fsp3) is 0. The van der Waals surface area contributed by atoms with Crippen LogP contribution in [0.1, 0.15) is 0 Å². The first-order valence-corrected chi connectivity index (χ1v) is 17.6. The van der Waals surface area contributed by atoms with E-state index < -0.39 is 0 Å². The van der Waals surface area contributed by atoms with E-state index in [0.717, 1.165) is 0 Å². The largest absolute Gasteiger partial charge is 0.309 e. The molecule has 0 bridgehead atoms. The molecule has 0 spiro atoms. The van der Waals surface area contributed by atoms with Gasteiger partial charge in [-0.3, -0.25) is 0 Å². The Hall–Kier alpha value is -6.70. The molecule has 0 atom stereocenters. The van der Waals surface area contributed by atoms with Crippen LogP contribution in [-0.2, 0) is 0 Å². The van der Waals surface area contributed by atoms with Crippen molar-refractivity contribution in [2.75, 3.05) is 0 Å². The van der Waals surface area contributed by atoms with E-state index in [2.05, 4.69) is 205 Å². The Morgan fingerprint density at radius 1 is 0.235 bits per heavy atom. The van der Waals surface area contributed by atoms with E-state index in [-0.39, 0.29) is 0 Å². The molecule has 51 heavy (non-hydrogen) atoms. The number of fused-ring (bicyclic) bond motifs is 5. The molecule has 9 aromatic carbocycles. The molecule has 0 aliphatic rings. The van der Waals surface area contributed by atoms with Crippen LogP contribution in [0.3, 0.4) is 0 Å². The van der Waals surface area contributed by atoms with Gasteiger partial charge in [0.05, 0.1) is 11.0 Å². The highest BCUT2D eigenvalue weighted by Gasteiger charge is 2.17. The lowest BCUT2D eigenvalue weighted by Gasteiger charge is -2.18. The summed E-state index contributed by atoms with van der Waals surface area (Å²) >= 11 is 0. The van der Waals surface area contributed by atoms with E-state index in [1.807, 2.05) is 0 Å². The highest BCUT2D eigenvalue weighted by atomic mass is 15.0. The molecular weight excluding hydrogens is 615 g/mol. The average molecular weight is 648 g/mol. The summed E-state index contributed by atoms with van der Waals surface area (Å²) < 4.78 is 2.37. The van der Waals surface area contributed by atoms with E-state index in [1.165, 1.54) is 93.5 Å². The van der Waals surface area contributed by atoms with Gasteiger partial charge in [-0.25, -0.2) is 0 Å². The molecule has 0 saturated heterocycles. The summed E-state index contributed by atoms with van der Waals surface area (Å²) in [6, 6.07) is 72.8. The van der Waals surface area contributed by atoms with Crippen molar-refractivity contribution in [2.45, 2.75) is 0 Å². The van der Waals surface area contributed by atoms with E-state index in [1.54, 1.807) is 0 Å². The van der Waals surface area contributed by atoms with Gasteiger partial charge in [-0.2, -0.15) is 0 Å². The first kappa shape index (κ1) is 29.2. The first-order chi connectivity index (χ1) is 25.3. The molecule has 10 rings (SSSR count). The van der Waals surface area contributed by atoms with Crippen LogP contribution in [0.15, 0.2) is 200 Å². The molecule has 10 aromatic rings. The van der Waals surface area contributed by atoms with Crippen molar-refractivity contribution < 1.29 is 0 Å². The van der Waals surface area contributed by atoms with Crippen molar-refractivity contribution in [3.05, 3.63) is 200 Å². The Balaban J connectivity index is 1.02. The number of para-hydroxylation sites is 2. The highest BCUT2D eigenvalue weighted by Crippen LogP contribution is 2.44. The van der Waals surface area contributed by atoms with Crippen LogP contribution in [0.25, 0.3) is 93.5 Å². The second-order valence-electron chi connectivity index (χ2n) is 13.3. The normalized spacial score (nSPS) is 11.5. The Kier molecular flexibility index (Phi) is 6.89. The van der Waals surface area contributed by atoms with Crippen molar-refractivity contribution in [3.63, 3.8) is 0 Å². The third kappa shape index (κ3) is 4.86. The number of benzene rings is 9. The molecule has 0 aliphatic carbocycles. The van der Waals surface area contributed by atoms with Crippen LogP contribution < -0.4 is 0 Å². The molecule has 0 aliphatic heterocycles. The zero-order valence-corrected chi connectivity index (χ0v) is 28.0. The van der Waals surface area contributed by atoms with E-state index in [9.17, 15) is 0 Å². The summed E-state index contributed by atoms with van der Waals surface area (Å²) in [6.07, 6.45) is 0. The summed E-state index contributed by atoms with van der Waals surface area (Å²) in [6.45, 7) is 0. The van der Waals surface area contributed by atoms with Crippen molar-refractivity contribution in [1.29, 1.82) is 0 Å². The second kappa shape index (κ2) is 12.0. The second-order valence-corrected chi connectivity index (χ2v) is 13.3. The van der Waals surface area contributed by atoms with Crippen LogP contribution in [0.2, 0.25) is 0 Å². The van der Waals surface area contributed by atoms with Gasteiger partial charge in [0.2, 0.25) is 0 Å². The van der Waals surface area contributed by atoms with E-state index in [0.29, 0.717) is 0 Å². The summed E-state index contributed by atoms with van der Waals surface area (Å²) in [5, 5.41) is 7.64. The molecule has 0 amide bonds. The Bertz CT molecular complexity index is 2800. The maximum Gasteiger partial charge on any atom is 0.0541 e. The van der Waals surface area contributed by atoms with E-state index in [4.69, 9.17) is 0 Å². The average Bonchev–Trinajstić information content (AvgIpc) is 3.54. The summed E-state index contributed by atoms with van der Waals surface area (Å²) in [5.74, 6) is 0. The van der Waals surface area contributed by atoms with E-state index >= 15 is 0 Å². The predicted octanol–water partition coefficient (Wildman–Crippen LogP) is 13.8. The Labute approximate surface area is 297 Å². The van der Waals surface area contributed by atoms with Gasteiger partial charge in [-0.05, 0) is 96.4 Å². The molecule has 0 unspecified atom stereocenters. The van der Waals surface area contributed by atoms with Gasteiger partial charge < -0.3 is 4.57 Å². The SMILES string of the molecule is c1ccc(-c2c3ccccc3c(-c3ccc(-c4ccc(-c5ccc6c(c5)c5ccccc5n6-c5ccccc5)cc4)cc3)c3ccccc23)cc1. The Morgan fingerprint density at radius 3 is 1.16 bits per heavy atom. The number of rotatable bonds is 5. The summed E-state index contributed by atoms with van der Waals surface area (Å²) in [4.78, 5) is 0. The van der Waals surface area contributed by atoms with Crippen molar-refractivity contribution in [2.24, 2.45) is 0 Å². The van der Waals surface area contributed by atoms with Crippen LogP contribution in [0, 0.1) is 0 Å². The minimum atomic E-state index is 1.18. The molecule has 0 N–H and O–H groups in total. The molecule has 0 saturated carbocycles. The quantitative estimate of drug-likeness (QED) is 0.164. The fourth-order valence-corrected chi connectivity index (χ4v) is 8.05. The van der Waals surface area contributed by atoms with Crippen LogP contribution >= 0.6 is 0 Å². The molecular formula is C50H33N. The minimum absolute atomic E-state index is 1.18. The standard InChI is InChI=1S/C50H33N/c1-3-13-37(14-4-1)49-42-18-7-9-20-44(42)50(45-21-10-8-19-43(45)49)38-29-27-35(28-30-38)34-23-25-36(26-24-34)39-31-32-48-46(33-39)41-17-11-12-22-47(41)51(48)40-15-5-2-6-16-40/h1-33H. The van der Waals surface area contributed by atoms with Crippen LogP contribution in [0.5, 0.6) is 0 Å². The Morgan fingerprint density at radius 2 is 0.608 bits per heavy atom. The van der Waals surface area contributed by atoms with Gasteiger partial charge in [0.25, 0.3) is 0 Å². The van der Waals surface area contributed by atoms with Crippen LogP contribution in [-0.4, -0.2) is 4.57 Å². The number of nitrogens with zero attached hydrogens (tertiary/aromatic N) is 1. The van der Waals surface area contributed by atoms with Gasteiger partial charge >= 0.3 is 0 Å². The molecule has 0 fully saturated rings. The lowest BCUT2D eigenvalue weighted by Crippen LogP contribution is -1.92. The number of aromatic nitrogens is 1. The first-order valence-electron chi connectivity index (χ1n) is 17.6.